The number of fused-ring (bicyclic) bond motifs is 1. The minimum atomic E-state index is -3.51. The highest BCUT2D eigenvalue weighted by Gasteiger charge is 2.37. The molecule has 116 valence electrons. The second-order valence-corrected chi connectivity index (χ2v) is 8.41. The van der Waals surface area contributed by atoms with Crippen LogP contribution in [0.3, 0.4) is 0 Å². The quantitative estimate of drug-likeness (QED) is 0.895. The average molecular weight is 329 g/mol. The molecule has 0 unspecified atom stereocenters. The van der Waals surface area contributed by atoms with Gasteiger partial charge in [-0.25, -0.2) is 13.1 Å². The number of rotatable bonds is 5. The zero-order chi connectivity index (χ0) is 14.9. The van der Waals surface area contributed by atoms with Gasteiger partial charge in [-0.1, -0.05) is 6.42 Å². The highest BCUT2D eigenvalue weighted by molar-refractivity contribution is 8.00. The second-order valence-electron chi connectivity index (χ2n) is 5.37. The van der Waals surface area contributed by atoms with E-state index in [1.807, 2.05) is 6.26 Å². The maximum Gasteiger partial charge on any atom is 0.240 e. The standard InChI is InChI=1S/C14H19NO4S2/c1-20-14(5-2-6-14)10-15-21(16,17)11-3-4-12-13(9-11)19-8-7-18-12/h3-4,9,15H,2,5-8,10H2,1H3. The first-order valence-corrected chi connectivity index (χ1v) is 9.70. The molecule has 7 heteroatoms. The molecule has 3 rings (SSSR count). The lowest BCUT2D eigenvalue weighted by Gasteiger charge is -2.40. The molecule has 0 atom stereocenters. The summed E-state index contributed by atoms with van der Waals surface area (Å²) < 4.78 is 38.5. The zero-order valence-corrected chi connectivity index (χ0v) is 13.6. The smallest absolute Gasteiger partial charge is 0.240 e. The van der Waals surface area contributed by atoms with Crippen LogP contribution in [0.2, 0.25) is 0 Å². The summed E-state index contributed by atoms with van der Waals surface area (Å²) in [4.78, 5) is 0.224. The molecule has 1 aliphatic carbocycles. The minimum absolute atomic E-state index is 0.0703. The van der Waals surface area contributed by atoms with Gasteiger partial charge in [0, 0.05) is 17.4 Å². The molecule has 1 aliphatic heterocycles. The van der Waals surface area contributed by atoms with Crippen LogP contribution >= 0.6 is 11.8 Å². The normalized spacial score (nSPS) is 19.9. The highest BCUT2D eigenvalue weighted by Crippen LogP contribution is 2.42. The first-order valence-electron chi connectivity index (χ1n) is 6.99. The van der Waals surface area contributed by atoms with Gasteiger partial charge in [0.1, 0.15) is 13.2 Å². The van der Waals surface area contributed by atoms with Crippen molar-refractivity contribution in [2.75, 3.05) is 26.0 Å². The number of nitrogens with one attached hydrogen (secondary N) is 1. The van der Waals surface area contributed by atoms with E-state index in [1.165, 1.54) is 12.5 Å². The van der Waals surface area contributed by atoms with Crippen LogP contribution in [0.5, 0.6) is 11.5 Å². The van der Waals surface area contributed by atoms with Gasteiger partial charge in [0.25, 0.3) is 0 Å². The molecule has 0 amide bonds. The summed E-state index contributed by atoms with van der Waals surface area (Å²) in [5.74, 6) is 1.09. The van der Waals surface area contributed by atoms with Gasteiger partial charge >= 0.3 is 0 Å². The Labute approximate surface area is 129 Å². The Balaban J connectivity index is 1.75. The van der Waals surface area contributed by atoms with E-state index in [4.69, 9.17) is 9.47 Å². The van der Waals surface area contributed by atoms with E-state index in [1.54, 1.807) is 23.9 Å². The fourth-order valence-electron chi connectivity index (χ4n) is 2.52. The van der Waals surface area contributed by atoms with Gasteiger partial charge < -0.3 is 9.47 Å². The molecular weight excluding hydrogens is 310 g/mol. The summed E-state index contributed by atoms with van der Waals surface area (Å²) in [6.07, 6.45) is 5.35. The summed E-state index contributed by atoms with van der Waals surface area (Å²) in [5, 5.41) is 0. The Hall–Kier alpha value is -0.920. The summed E-state index contributed by atoms with van der Waals surface area (Å²) in [6.45, 7) is 1.41. The van der Waals surface area contributed by atoms with E-state index in [0.717, 1.165) is 12.8 Å². The number of thioether (sulfide) groups is 1. The number of ether oxygens (including phenoxy) is 2. The molecule has 0 saturated heterocycles. The number of sulfonamides is 1. The molecule has 0 bridgehead atoms. The number of hydrogen-bond acceptors (Lipinski definition) is 5. The summed E-state index contributed by atoms with van der Waals surface area (Å²) in [6, 6.07) is 4.74. The maximum absolute atomic E-state index is 12.4. The van der Waals surface area contributed by atoms with Crippen molar-refractivity contribution < 1.29 is 17.9 Å². The maximum atomic E-state index is 12.4. The van der Waals surface area contributed by atoms with Crippen molar-refractivity contribution in [1.29, 1.82) is 0 Å². The van der Waals surface area contributed by atoms with E-state index in [-0.39, 0.29) is 9.64 Å². The fraction of sp³-hybridized carbons (Fsp3) is 0.571. The van der Waals surface area contributed by atoms with Crippen molar-refractivity contribution in [3.63, 3.8) is 0 Å². The van der Waals surface area contributed by atoms with E-state index in [9.17, 15) is 8.42 Å². The van der Waals surface area contributed by atoms with Gasteiger partial charge in [-0.2, -0.15) is 11.8 Å². The van der Waals surface area contributed by atoms with E-state index in [0.29, 0.717) is 31.3 Å². The lowest BCUT2D eigenvalue weighted by Crippen LogP contribution is -2.45. The Kier molecular flexibility index (Phi) is 4.07. The van der Waals surface area contributed by atoms with Gasteiger partial charge in [0.15, 0.2) is 11.5 Å². The average Bonchev–Trinajstić information content (AvgIpc) is 2.46. The van der Waals surface area contributed by atoms with Crippen molar-refractivity contribution in [2.24, 2.45) is 0 Å². The van der Waals surface area contributed by atoms with Crippen molar-refractivity contribution in [2.45, 2.75) is 28.9 Å². The molecule has 5 nitrogen and oxygen atoms in total. The number of benzene rings is 1. The van der Waals surface area contributed by atoms with Crippen LogP contribution in [-0.4, -0.2) is 39.2 Å². The monoisotopic (exact) mass is 329 g/mol. The van der Waals surface area contributed by atoms with Crippen molar-refractivity contribution in [3.05, 3.63) is 18.2 Å². The Morgan fingerprint density at radius 3 is 2.57 bits per heavy atom. The predicted octanol–water partition coefficient (Wildman–Crippen LogP) is 2.02. The second kappa shape index (κ2) is 5.70. The fourth-order valence-corrected chi connectivity index (χ4v) is 4.67. The minimum Gasteiger partial charge on any atom is -0.486 e. The van der Waals surface area contributed by atoms with Crippen LogP contribution in [0.4, 0.5) is 0 Å². The van der Waals surface area contributed by atoms with Crippen molar-refractivity contribution >= 4 is 21.8 Å². The molecule has 1 N–H and O–H groups in total. The van der Waals surface area contributed by atoms with E-state index < -0.39 is 10.0 Å². The van der Waals surface area contributed by atoms with Gasteiger partial charge in [-0.15, -0.1) is 0 Å². The molecule has 0 radical (unpaired) electrons. The summed E-state index contributed by atoms with van der Waals surface area (Å²) in [7, 11) is -3.51. The SMILES string of the molecule is CSC1(CNS(=O)(=O)c2ccc3c(c2)OCCO3)CCC1. The van der Waals surface area contributed by atoms with Gasteiger partial charge in [-0.05, 0) is 31.2 Å². The summed E-state index contributed by atoms with van der Waals surface area (Å²) in [5.41, 5.74) is 0. The molecule has 1 fully saturated rings. The molecule has 2 aliphatic rings. The molecular formula is C14H19NO4S2. The van der Waals surface area contributed by atoms with Crippen LogP contribution < -0.4 is 14.2 Å². The topological polar surface area (TPSA) is 64.6 Å². The molecule has 0 spiro atoms. The lowest BCUT2D eigenvalue weighted by atomic mass is 9.84. The molecule has 1 heterocycles. The van der Waals surface area contributed by atoms with Crippen LogP contribution in [0.1, 0.15) is 19.3 Å². The zero-order valence-electron chi connectivity index (χ0n) is 11.9. The Morgan fingerprint density at radius 1 is 1.24 bits per heavy atom. The Morgan fingerprint density at radius 2 is 1.95 bits per heavy atom. The van der Waals surface area contributed by atoms with Crippen molar-refractivity contribution in [1.82, 2.24) is 4.72 Å². The third kappa shape index (κ3) is 3.00. The predicted molar refractivity (Wildman–Crippen MR) is 82.7 cm³/mol. The lowest BCUT2D eigenvalue weighted by molar-refractivity contribution is 0.171. The van der Waals surface area contributed by atoms with Crippen LogP contribution in [0.25, 0.3) is 0 Å². The number of hydrogen-bond donors (Lipinski definition) is 1. The molecule has 1 aromatic rings. The largest absolute Gasteiger partial charge is 0.486 e. The van der Waals surface area contributed by atoms with Crippen LogP contribution in [0, 0.1) is 0 Å². The first-order chi connectivity index (χ1) is 10.0. The third-order valence-corrected chi connectivity index (χ3v) is 6.92. The van der Waals surface area contributed by atoms with Gasteiger partial charge in [0.2, 0.25) is 10.0 Å². The summed E-state index contributed by atoms with van der Waals surface area (Å²) >= 11 is 1.75. The highest BCUT2D eigenvalue weighted by atomic mass is 32.2. The van der Waals surface area contributed by atoms with Gasteiger partial charge in [-0.3, -0.25) is 0 Å². The Bertz CT molecular complexity index is 620. The van der Waals surface area contributed by atoms with Crippen LogP contribution in [-0.2, 0) is 10.0 Å². The first kappa shape index (κ1) is 15.0. The van der Waals surface area contributed by atoms with E-state index >= 15 is 0 Å². The molecule has 0 aromatic heterocycles. The third-order valence-electron chi connectivity index (χ3n) is 4.11. The van der Waals surface area contributed by atoms with Crippen LogP contribution in [0.15, 0.2) is 23.1 Å². The molecule has 1 saturated carbocycles. The van der Waals surface area contributed by atoms with Gasteiger partial charge in [0.05, 0.1) is 4.90 Å². The van der Waals surface area contributed by atoms with E-state index in [2.05, 4.69) is 4.72 Å². The molecule has 21 heavy (non-hydrogen) atoms. The molecule has 1 aromatic carbocycles. The van der Waals surface area contributed by atoms with Crippen molar-refractivity contribution in [3.8, 4) is 11.5 Å².